The van der Waals surface area contributed by atoms with Crippen LogP contribution in [0.1, 0.15) is 37.8 Å². The van der Waals surface area contributed by atoms with Gasteiger partial charge in [-0.25, -0.2) is 0 Å². The monoisotopic (exact) mass is 362 g/mol. The highest BCUT2D eigenvalue weighted by molar-refractivity contribution is 8.00. The van der Waals surface area contributed by atoms with Gasteiger partial charge in [0.25, 0.3) is 0 Å². The van der Waals surface area contributed by atoms with Crippen LogP contribution in [0.15, 0.2) is 56.0 Å². The lowest BCUT2D eigenvalue weighted by atomic mass is 10.2. The van der Waals surface area contributed by atoms with E-state index >= 15 is 0 Å². The molecule has 0 aliphatic carbocycles. The molecule has 0 atom stereocenters. The lowest BCUT2D eigenvalue weighted by Crippen LogP contribution is -1.86. The Hall–Kier alpha value is -0.510. The summed E-state index contributed by atoms with van der Waals surface area (Å²) in [6.45, 7) is 8.91. The van der Waals surface area contributed by atoms with Crippen molar-refractivity contribution in [2.45, 2.75) is 60.1 Å². The van der Waals surface area contributed by atoms with Crippen molar-refractivity contribution in [3.8, 4) is 0 Å². The van der Waals surface area contributed by atoms with Gasteiger partial charge in [0.1, 0.15) is 0 Å². The molecule has 23 heavy (non-hydrogen) atoms. The van der Waals surface area contributed by atoms with Crippen molar-refractivity contribution in [2.24, 2.45) is 0 Å². The summed E-state index contributed by atoms with van der Waals surface area (Å²) in [5, 5.41) is 0. The second-order valence-electron chi connectivity index (χ2n) is 5.65. The van der Waals surface area contributed by atoms with Crippen LogP contribution in [0.25, 0.3) is 0 Å². The topological polar surface area (TPSA) is 0 Å². The van der Waals surface area contributed by atoms with Gasteiger partial charge in [-0.2, -0.15) is 0 Å². The summed E-state index contributed by atoms with van der Waals surface area (Å²) in [5.41, 5.74) is 2.75. The highest BCUT2D eigenvalue weighted by Crippen LogP contribution is 2.35. The van der Waals surface area contributed by atoms with E-state index in [0.29, 0.717) is 0 Å². The van der Waals surface area contributed by atoms with E-state index in [1.54, 1.807) is 0 Å². The van der Waals surface area contributed by atoms with Crippen LogP contribution in [0.4, 0.5) is 0 Å². The van der Waals surface area contributed by atoms with Crippen LogP contribution in [0.5, 0.6) is 0 Å². The molecule has 0 radical (unpaired) electrons. The van der Waals surface area contributed by atoms with Crippen LogP contribution in [-0.4, -0.2) is 11.5 Å². The molecule has 2 rings (SSSR count). The van der Waals surface area contributed by atoms with Gasteiger partial charge in [-0.3, -0.25) is 0 Å². The minimum atomic E-state index is 1.20. The molecule has 2 aromatic carbocycles. The molecule has 124 valence electrons. The molecule has 0 aliphatic heterocycles. The van der Waals surface area contributed by atoms with Gasteiger partial charge in [-0.15, -0.1) is 23.5 Å². The van der Waals surface area contributed by atoms with Gasteiger partial charge in [0.15, 0.2) is 0 Å². The number of aryl methyl sites for hydroxylation is 2. The summed E-state index contributed by atoms with van der Waals surface area (Å²) in [5.74, 6) is 2.39. The van der Waals surface area contributed by atoms with Crippen molar-refractivity contribution in [1.82, 2.24) is 0 Å². The van der Waals surface area contributed by atoms with Gasteiger partial charge in [0.2, 0.25) is 0 Å². The first kappa shape index (κ1) is 18.8. The standard InChI is InChI=1S/C20H26S3/c1-5-11-21-17-7-9-19(15(3)13-17)23-20-10-8-18(14-16(20)4)22-12-6-2/h7-10,13-14H,5-6,11-12H2,1-4H3. The van der Waals surface area contributed by atoms with Crippen LogP contribution < -0.4 is 0 Å². The fourth-order valence-corrected chi connectivity index (χ4v) is 4.89. The predicted octanol–water partition coefficient (Wildman–Crippen LogP) is 7.46. The van der Waals surface area contributed by atoms with Crippen molar-refractivity contribution in [1.29, 1.82) is 0 Å². The first-order chi connectivity index (χ1) is 11.1. The van der Waals surface area contributed by atoms with Crippen LogP contribution in [-0.2, 0) is 0 Å². The van der Waals surface area contributed by atoms with Crippen LogP contribution in [0.2, 0.25) is 0 Å². The van der Waals surface area contributed by atoms with E-state index in [-0.39, 0.29) is 0 Å². The number of thioether (sulfide) groups is 2. The molecule has 0 heterocycles. The predicted molar refractivity (Wildman–Crippen MR) is 109 cm³/mol. The van der Waals surface area contributed by atoms with E-state index in [9.17, 15) is 0 Å². The SMILES string of the molecule is CCCSc1ccc(Sc2ccc(SCCC)cc2C)c(C)c1. The first-order valence-corrected chi connectivity index (χ1v) is 11.1. The van der Waals surface area contributed by atoms with E-state index in [2.05, 4.69) is 64.1 Å². The fraction of sp³-hybridized carbons (Fsp3) is 0.400. The third kappa shape index (κ3) is 5.81. The minimum absolute atomic E-state index is 1.20. The molecule has 0 aliphatic rings. The van der Waals surface area contributed by atoms with E-state index in [1.165, 1.54) is 55.1 Å². The molecule has 0 fully saturated rings. The Morgan fingerprint density at radius 1 is 0.696 bits per heavy atom. The Bertz CT molecular complexity index is 579. The molecule has 0 unspecified atom stereocenters. The minimum Gasteiger partial charge on any atom is -0.126 e. The Kier molecular flexibility index (Phi) is 7.94. The number of benzene rings is 2. The van der Waals surface area contributed by atoms with Crippen LogP contribution in [0.3, 0.4) is 0 Å². The van der Waals surface area contributed by atoms with Gasteiger partial charge in [0.05, 0.1) is 0 Å². The molecule has 0 aromatic heterocycles. The second-order valence-corrected chi connectivity index (χ2v) is 9.07. The molecule has 3 heteroatoms. The zero-order valence-electron chi connectivity index (χ0n) is 14.5. The maximum atomic E-state index is 2.32. The van der Waals surface area contributed by atoms with E-state index in [1.807, 2.05) is 35.3 Å². The van der Waals surface area contributed by atoms with E-state index < -0.39 is 0 Å². The van der Waals surface area contributed by atoms with Crippen molar-refractivity contribution in [2.75, 3.05) is 11.5 Å². The maximum Gasteiger partial charge on any atom is 0.0152 e. The number of hydrogen-bond acceptors (Lipinski definition) is 3. The smallest absolute Gasteiger partial charge is 0.0152 e. The molecule has 2 aromatic rings. The highest BCUT2D eigenvalue weighted by Gasteiger charge is 2.06. The third-order valence-electron chi connectivity index (χ3n) is 3.46. The number of rotatable bonds is 8. The van der Waals surface area contributed by atoms with Gasteiger partial charge in [-0.1, -0.05) is 25.6 Å². The molecule has 0 saturated heterocycles. The summed E-state index contributed by atoms with van der Waals surface area (Å²) < 4.78 is 0. The van der Waals surface area contributed by atoms with Gasteiger partial charge < -0.3 is 0 Å². The molecule has 0 spiro atoms. The molecular weight excluding hydrogens is 336 g/mol. The molecule has 0 amide bonds. The number of hydrogen-bond donors (Lipinski definition) is 0. The van der Waals surface area contributed by atoms with Gasteiger partial charge >= 0.3 is 0 Å². The average Bonchev–Trinajstić information content (AvgIpc) is 2.55. The quantitative estimate of drug-likeness (QED) is 0.447. The zero-order chi connectivity index (χ0) is 16.7. The van der Waals surface area contributed by atoms with Gasteiger partial charge in [0, 0.05) is 19.6 Å². The lowest BCUT2D eigenvalue weighted by Gasteiger charge is -2.11. The Labute approximate surface area is 154 Å². The molecule has 0 bridgehead atoms. The normalized spacial score (nSPS) is 11.0. The summed E-state index contributed by atoms with van der Waals surface area (Å²) in [7, 11) is 0. The average molecular weight is 363 g/mol. The fourth-order valence-electron chi connectivity index (χ4n) is 2.21. The molecule has 0 saturated carbocycles. The van der Waals surface area contributed by atoms with Crippen molar-refractivity contribution >= 4 is 35.3 Å². The Balaban J connectivity index is 2.09. The van der Waals surface area contributed by atoms with E-state index in [4.69, 9.17) is 0 Å². The maximum absolute atomic E-state index is 2.32. The van der Waals surface area contributed by atoms with Crippen molar-refractivity contribution in [3.63, 3.8) is 0 Å². The Morgan fingerprint density at radius 3 is 1.48 bits per heavy atom. The second kappa shape index (κ2) is 9.71. The summed E-state index contributed by atoms with van der Waals surface area (Å²) in [6.07, 6.45) is 2.45. The van der Waals surface area contributed by atoms with Crippen LogP contribution in [0, 0.1) is 13.8 Å². The van der Waals surface area contributed by atoms with Gasteiger partial charge in [-0.05, 0) is 85.7 Å². The van der Waals surface area contributed by atoms with Crippen molar-refractivity contribution in [3.05, 3.63) is 47.5 Å². The Morgan fingerprint density at radius 2 is 1.13 bits per heavy atom. The summed E-state index contributed by atoms with van der Waals surface area (Å²) >= 11 is 5.79. The zero-order valence-corrected chi connectivity index (χ0v) is 17.0. The highest BCUT2D eigenvalue weighted by atomic mass is 32.2. The molecule has 0 nitrogen and oxygen atoms in total. The molecular formula is C20H26S3. The summed E-state index contributed by atoms with van der Waals surface area (Å²) in [4.78, 5) is 5.50. The largest absolute Gasteiger partial charge is 0.126 e. The summed E-state index contributed by atoms with van der Waals surface area (Å²) in [6, 6.07) is 13.7. The van der Waals surface area contributed by atoms with Crippen molar-refractivity contribution < 1.29 is 0 Å². The lowest BCUT2D eigenvalue weighted by molar-refractivity contribution is 1.10. The van der Waals surface area contributed by atoms with E-state index in [0.717, 1.165) is 0 Å². The third-order valence-corrected chi connectivity index (χ3v) is 7.21. The van der Waals surface area contributed by atoms with Crippen LogP contribution >= 0.6 is 35.3 Å². The molecule has 0 N–H and O–H groups in total. The first-order valence-electron chi connectivity index (χ1n) is 8.28.